The number of aromatic nitrogens is 3. The highest BCUT2D eigenvalue weighted by Gasteiger charge is 2.09. The van der Waals surface area contributed by atoms with Gasteiger partial charge < -0.3 is 9.88 Å². The maximum Gasteiger partial charge on any atom is 0.230 e. The summed E-state index contributed by atoms with van der Waals surface area (Å²) in [6.45, 7) is 5.71. The van der Waals surface area contributed by atoms with Crippen molar-refractivity contribution in [3.8, 4) is 0 Å². The lowest BCUT2D eigenvalue weighted by Crippen LogP contribution is -2.28. The lowest BCUT2D eigenvalue weighted by molar-refractivity contribution is -0.118. The van der Waals surface area contributed by atoms with Gasteiger partial charge in [0.2, 0.25) is 5.91 Å². The molecule has 0 saturated heterocycles. The first-order chi connectivity index (χ1) is 10.1. The van der Waals surface area contributed by atoms with Crippen LogP contribution < -0.4 is 5.32 Å². The van der Waals surface area contributed by atoms with Gasteiger partial charge in [-0.3, -0.25) is 4.79 Å². The Bertz CT molecular complexity index is 551. The number of rotatable bonds is 8. The van der Waals surface area contributed by atoms with E-state index in [9.17, 15) is 4.79 Å². The third-order valence-electron chi connectivity index (χ3n) is 2.80. The molecule has 0 aromatic carbocycles. The Hall–Kier alpha value is -1.34. The molecular formula is C14H20N4OS2. The second kappa shape index (κ2) is 8.19. The third-order valence-corrected chi connectivity index (χ3v) is 4.72. The van der Waals surface area contributed by atoms with Gasteiger partial charge in [-0.1, -0.05) is 31.7 Å². The number of carbonyl (C=O) groups is 1. The lowest BCUT2D eigenvalue weighted by atomic mass is 10.2. The highest BCUT2D eigenvalue weighted by Crippen LogP contribution is 2.16. The van der Waals surface area contributed by atoms with Crippen molar-refractivity contribution in [2.45, 2.75) is 32.0 Å². The minimum absolute atomic E-state index is 0.0431. The Morgan fingerprint density at radius 2 is 2.38 bits per heavy atom. The molecule has 0 aliphatic heterocycles. The molecule has 21 heavy (non-hydrogen) atoms. The van der Waals surface area contributed by atoms with Crippen molar-refractivity contribution in [2.75, 3.05) is 12.3 Å². The SMILES string of the molecule is CC(C)CNC(=O)CSc1nncn1CCc1cccs1. The molecule has 2 aromatic rings. The first-order valence-electron chi connectivity index (χ1n) is 6.95. The first kappa shape index (κ1) is 16.0. The summed E-state index contributed by atoms with van der Waals surface area (Å²) in [7, 11) is 0. The quantitative estimate of drug-likeness (QED) is 0.758. The van der Waals surface area contributed by atoms with Gasteiger partial charge in [0.25, 0.3) is 0 Å². The first-order valence-corrected chi connectivity index (χ1v) is 8.81. The molecule has 0 saturated carbocycles. The molecule has 0 unspecified atom stereocenters. The average molecular weight is 324 g/mol. The van der Waals surface area contributed by atoms with Crippen LogP contribution in [0, 0.1) is 5.92 Å². The third kappa shape index (κ3) is 5.51. The fourth-order valence-corrected chi connectivity index (χ4v) is 3.16. The van der Waals surface area contributed by atoms with Gasteiger partial charge >= 0.3 is 0 Å². The number of carbonyl (C=O) groups excluding carboxylic acids is 1. The van der Waals surface area contributed by atoms with Crippen molar-refractivity contribution in [1.29, 1.82) is 0 Å². The molecule has 0 radical (unpaired) electrons. The number of thiophene rings is 1. The molecule has 2 rings (SSSR count). The Balaban J connectivity index is 1.78. The van der Waals surface area contributed by atoms with E-state index in [1.807, 2.05) is 4.57 Å². The second-order valence-corrected chi connectivity index (χ2v) is 7.10. The zero-order chi connectivity index (χ0) is 15.1. The zero-order valence-electron chi connectivity index (χ0n) is 12.3. The van der Waals surface area contributed by atoms with Crippen LogP contribution in [0.4, 0.5) is 0 Å². The molecule has 0 aliphatic carbocycles. The number of thioether (sulfide) groups is 1. The predicted octanol–water partition coefficient (Wildman–Crippen LogP) is 2.45. The van der Waals surface area contributed by atoms with E-state index in [0.29, 0.717) is 18.2 Å². The van der Waals surface area contributed by atoms with Crippen molar-refractivity contribution >= 4 is 29.0 Å². The molecule has 5 nitrogen and oxygen atoms in total. The van der Waals surface area contributed by atoms with Crippen molar-refractivity contribution in [2.24, 2.45) is 5.92 Å². The number of hydrogen-bond donors (Lipinski definition) is 1. The maximum absolute atomic E-state index is 11.7. The van der Waals surface area contributed by atoms with Crippen LogP contribution in [0.2, 0.25) is 0 Å². The van der Waals surface area contributed by atoms with Crippen LogP contribution in [0.3, 0.4) is 0 Å². The summed E-state index contributed by atoms with van der Waals surface area (Å²) >= 11 is 3.18. The summed E-state index contributed by atoms with van der Waals surface area (Å²) in [5.41, 5.74) is 0. The summed E-state index contributed by atoms with van der Waals surface area (Å²) in [6.07, 6.45) is 2.69. The summed E-state index contributed by atoms with van der Waals surface area (Å²) in [4.78, 5) is 13.1. The Kier molecular flexibility index (Phi) is 6.25. The van der Waals surface area contributed by atoms with Gasteiger partial charge in [0.05, 0.1) is 5.75 Å². The van der Waals surface area contributed by atoms with E-state index in [-0.39, 0.29) is 5.91 Å². The Labute approximate surface area is 133 Å². The number of nitrogens with zero attached hydrogens (tertiary/aromatic N) is 3. The second-order valence-electron chi connectivity index (χ2n) is 5.12. The van der Waals surface area contributed by atoms with Crippen LogP contribution in [0.15, 0.2) is 29.0 Å². The van der Waals surface area contributed by atoms with Crippen LogP contribution >= 0.6 is 23.1 Å². The normalized spacial score (nSPS) is 11.0. The maximum atomic E-state index is 11.7. The van der Waals surface area contributed by atoms with Crippen LogP contribution in [0.5, 0.6) is 0 Å². The number of hydrogen-bond acceptors (Lipinski definition) is 5. The Morgan fingerprint density at radius 1 is 1.52 bits per heavy atom. The van der Waals surface area contributed by atoms with Crippen LogP contribution in [0.25, 0.3) is 0 Å². The summed E-state index contributed by atoms with van der Waals surface area (Å²) in [6, 6.07) is 4.18. The van der Waals surface area contributed by atoms with E-state index >= 15 is 0 Å². The van der Waals surface area contributed by atoms with E-state index in [1.54, 1.807) is 17.7 Å². The molecule has 114 valence electrons. The van der Waals surface area contributed by atoms with E-state index in [0.717, 1.165) is 18.1 Å². The molecule has 2 heterocycles. The van der Waals surface area contributed by atoms with Gasteiger partial charge in [0.1, 0.15) is 6.33 Å². The van der Waals surface area contributed by atoms with Gasteiger partial charge in [-0.15, -0.1) is 21.5 Å². The minimum Gasteiger partial charge on any atom is -0.355 e. The van der Waals surface area contributed by atoms with Crippen LogP contribution in [-0.4, -0.2) is 33.0 Å². The molecule has 0 bridgehead atoms. The van der Waals surface area contributed by atoms with E-state index < -0.39 is 0 Å². The molecule has 1 N–H and O–H groups in total. The molecule has 1 amide bonds. The van der Waals surface area contributed by atoms with Crippen molar-refractivity contribution in [3.05, 3.63) is 28.7 Å². The fraction of sp³-hybridized carbons (Fsp3) is 0.500. The van der Waals surface area contributed by atoms with E-state index in [2.05, 4.69) is 46.9 Å². The predicted molar refractivity (Wildman–Crippen MR) is 86.6 cm³/mol. The Morgan fingerprint density at radius 3 is 3.10 bits per heavy atom. The molecule has 0 aliphatic rings. The van der Waals surface area contributed by atoms with Crippen LogP contribution in [-0.2, 0) is 17.8 Å². The van der Waals surface area contributed by atoms with E-state index in [1.165, 1.54) is 16.6 Å². The molecular weight excluding hydrogens is 304 g/mol. The number of aryl methyl sites for hydroxylation is 2. The largest absolute Gasteiger partial charge is 0.355 e. The summed E-state index contributed by atoms with van der Waals surface area (Å²) in [5, 5.41) is 13.8. The van der Waals surface area contributed by atoms with Crippen LogP contribution in [0.1, 0.15) is 18.7 Å². The van der Waals surface area contributed by atoms with Gasteiger partial charge in [0, 0.05) is 18.0 Å². The lowest BCUT2D eigenvalue weighted by Gasteiger charge is -2.08. The highest BCUT2D eigenvalue weighted by molar-refractivity contribution is 7.99. The van der Waals surface area contributed by atoms with Gasteiger partial charge in [-0.25, -0.2) is 0 Å². The zero-order valence-corrected chi connectivity index (χ0v) is 13.9. The molecule has 0 atom stereocenters. The molecule has 2 aromatic heterocycles. The summed E-state index contributed by atoms with van der Waals surface area (Å²) < 4.78 is 2.00. The van der Waals surface area contributed by atoms with Crippen molar-refractivity contribution in [3.63, 3.8) is 0 Å². The van der Waals surface area contributed by atoms with Gasteiger partial charge in [-0.05, 0) is 23.8 Å². The van der Waals surface area contributed by atoms with Gasteiger partial charge in [0.15, 0.2) is 5.16 Å². The van der Waals surface area contributed by atoms with E-state index in [4.69, 9.17) is 0 Å². The summed E-state index contributed by atoms with van der Waals surface area (Å²) in [5.74, 6) is 0.889. The average Bonchev–Trinajstić information content (AvgIpc) is 3.11. The smallest absolute Gasteiger partial charge is 0.230 e. The number of amides is 1. The van der Waals surface area contributed by atoms with Gasteiger partial charge in [-0.2, -0.15) is 0 Å². The molecule has 0 fully saturated rings. The highest BCUT2D eigenvalue weighted by atomic mass is 32.2. The minimum atomic E-state index is 0.0431. The number of nitrogens with one attached hydrogen (secondary N) is 1. The molecule has 0 spiro atoms. The topological polar surface area (TPSA) is 59.8 Å². The molecule has 7 heteroatoms. The standard InChI is InChI=1S/C14H20N4OS2/c1-11(2)8-15-13(19)9-21-14-17-16-10-18(14)6-5-12-4-3-7-20-12/h3-4,7,10-11H,5-6,8-9H2,1-2H3,(H,15,19). The van der Waals surface area contributed by atoms with Crippen molar-refractivity contribution in [1.82, 2.24) is 20.1 Å². The fourth-order valence-electron chi connectivity index (χ4n) is 1.69. The monoisotopic (exact) mass is 324 g/mol. The van der Waals surface area contributed by atoms with Crippen molar-refractivity contribution < 1.29 is 4.79 Å².